The van der Waals surface area contributed by atoms with E-state index in [-0.39, 0.29) is 5.41 Å². The van der Waals surface area contributed by atoms with Crippen molar-refractivity contribution in [2.24, 2.45) is 0 Å². The quantitative estimate of drug-likeness (QED) is 0.616. The fourth-order valence-electron chi connectivity index (χ4n) is 2.85. The lowest BCUT2D eigenvalue weighted by atomic mass is 9.91. The Morgan fingerprint density at radius 1 is 1.15 bits per heavy atom. The van der Waals surface area contributed by atoms with E-state index in [4.69, 9.17) is 9.47 Å². The Balaban J connectivity index is 1.82. The number of benzene rings is 1. The molecule has 0 aliphatic heterocycles. The molecule has 0 amide bonds. The zero-order chi connectivity index (χ0) is 18.9. The SMILES string of the molecule is COc1ccc(CCc2nn3c(C=O)c(C(C)(C)C)nc3s2)cc1OC. The maximum Gasteiger partial charge on any atom is 0.213 e. The van der Waals surface area contributed by atoms with E-state index in [0.29, 0.717) is 11.4 Å². The second-order valence-corrected chi connectivity index (χ2v) is 8.13. The molecule has 3 aromatic rings. The maximum absolute atomic E-state index is 11.5. The summed E-state index contributed by atoms with van der Waals surface area (Å²) < 4.78 is 12.3. The first-order chi connectivity index (χ1) is 12.4. The third-order valence-electron chi connectivity index (χ3n) is 4.18. The predicted molar refractivity (Wildman–Crippen MR) is 102 cm³/mol. The van der Waals surface area contributed by atoms with Crippen molar-refractivity contribution in [3.05, 3.63) is 40.2 Å². The van der Waals surface area contributed by atoms with E-state index in [1.807, 2.05) is 39.0 Å². The van der Waals surface area contributed by atoms with Crippen molar-refractivity contribution in [2.45, 2.75) is 39.0 Å². The molecule has 7 heteroatoms. The summed E-state index contributed by atoms with van der Waals surface area (Å²) in [5.41, 5.74) is 2.28. The molecule has 0 atom stereocenters. The van der Waals surface area contributed by atoms with Gasteiger partial charge in [-0.15, -0.1) is 0 Å². The lowest BCUT2D eigenvalue weighted by Crippen LogP contribution is -2.15. The standard InChI is InChI=1S/C19H23N3O3S/c1-19(2,3)17-13(11-23)22-18(20-17)26-16(21-22)9-7-12-6-8-14(24-4)15(10-12)25-5/h6,8,10-11H,7,9H2,1-5H3. The van der Waals surface area contributed by atoms with Crippen molar-refractivity contribution >= 4 is 22.6 Å². The molecule has 26 heavy (non-hydrogen) atoms. The van der Waals surface area contributed by atoms with E-state index in [2.05, 4.69) is 10.1 Å². The van der Waals surface area contributed by atoms with Crippen LogP contribution in [-0.4, -0.2) is 35.1 Å². The summed E-state index contributed by atoms with van der Waals surface area (Å²) in [7, 11) is 3.25. The van der Waals surface area contributed by atoms with Gasteiger partial charge in [-0.05, 0) is 24.1 Å². The molecule has 2 aromatic heterocycles. The van der Waals surface area contributed by atoms with Crippen molar-refractivity contribution in [1.29, 1.82) is 0 Å². The largest absolute Gasteiger partial charge is 0.493 e. The van der Waals surface area contributed by atoms with Crippen LogP contribution in [0.15, 0.2) is 18.2 Å². The summed E-state index contributed by atoms with van der Waals surface area (Å²) in [6.45, 7) is 6.14. The third-order valence-corrected chi connectivity index (χ3v) is 5.15. The van der Waals surface area contributed by atoms with Crippen molar-refractivity contribution in [2.75, 3.05) is 14.2 Å². The van der Waals surface area contributed by atoms with Crippen LogP contribution in [0.25, 0.3) is 4.96 Å². The lowest BCUT2D eigenvalue weighted by molar-refractivity contribution is 0.111. The highest BCUT2D eigenvalue weighted by atomic mass is 32.1. The average molecular weight is 373 g/mol. The molecule has 0 bridgehead atoms. The summed E-state index contributed by atoms with van der Waals surface area (Å²) in [6, 6.07) is 5.91. The van der Waals surface area contributed by atoms with E-state index in [0.717, 1.165) is 46.1 Å². The van der Waals surface area contributed by atoms with Crippen LogP contribution >= 0.6 is 11.3 Å². The van der Waals surface area contributed by atoms with E-state index in [1.165, 1.54) is 11.3 Å². The minimum Gasteiger partial charge on any atom is -0.493 e. The van der Waals surface area contributed by atoms with Crippen LogP contribution in [0.5, 0.6) is 11.5 Å². The van der Waals surface area contributed by atoms with Gasteiger partial charge in [0.15, 0.2) is 17.8 Å². The van der Waals surface area contributed by atoms with E-state index in [1.54, 1.807) is 18.7 Å². The Morgan fingerprint density at radius 2 is 1.88 bits per heavy atom. The van der Waals surface area contributed by atoms with Gasteiger partial charge in [0.2, 0.25) is 4.96 Å². The summed E-state index contributed by atoms with van der Waals surface area (Å²) in [6.07, 6.45) is 2.44. The second kappa shape index (κ2) is 7.07. The van der Waals surface area contributed by atoms with Crippen LogP contribution in [0.2, 0.25) is 0 Å². The monoisotopic (exact) mass is 373 g/mol. The number of methoxy groups -OCH3 is 2. The molecule has 2 heterocycles. The van der Waals surface area contributed by atoms with Crippen molar-refractivity contribution < 1.29 is 14.3 Å². The Morgan fingerprint density at radius 3 is 2.50 bits per heavy atom. The first kappa shape index (κ1) is 18.4. The molecule has 3 rings (SSSR count). The number of carbonyl (C=O) groups excluding carboxylic acids is 1. The van der Waals surface area contributed by atoms with Crippen molar-refractivity contribution in [1.82, 2.24) is 14.6 Å². The molecule has 0 N–H and O–H groups in total. The highest BCUT2D eigenvalue weighted by Crippen LogP contribution is 2.29. The Kier molecular flexibility index (Phi) is 5.00. The van der Waals surface area contributed by atoms with E-state index < -0.39 is 0 Å². The summed E-state index contributed by atoms with van der Waals surface area (Å²) in [4.78, 5) is 16.9. The number of aryl methyl sites for hydroxylation is 2. The van der Waals surface area contributed by atoms with Gasteiger partial charge in [0.1, 0.15) is 10.7 Å². The van der Waals surface area contributed by atoms with Gasteiger partial charge in [-0.2, -0.15) is 9.61 Å². The highest BCUT2D eigenvalue weighted by molar-refractivity contribution is 7.16. The molecule has 0 fully saturated rings. The Bertz CT molecular complexity index is 938. The van der Waals surface area contributed by atoms with Crippen molar-refractivity contribution in [3.8, 4) is 11.5 Å². The first-order valence-corrected chi connectivity index (χ1v) is 9.24. The minimum atomic E-state index is -0.191. The molecule has 138 valence electrons. The van der Waals surface area contributed by atoms with Gasteiger partial charge >= 0.3 is 0 Å². The topological polar surface area (TPSA) is 65.7 Å². The highest BCUT2D eigenvalue weighted by Gasteiger charge is 2.25. The molecular weight excluding hydrogens is 350 g/mol. The molecule has 0 radical (unpaired) electrons. The van der Waals surface area contributed by atoms with Crippen LogP contribution in [0.4, 0.5) is 0 Å². The summed E-state index contributed by atoms with van der Waals surface area (Å²) >= 11 is 1.53. The summed E-state index contributed by atoms with van der Waals surface area (Å²) in [5, 5.41) is 5.54. The predicted octanol–water partition coefficient (Wildman–Crippen LogP) is 3.70. The average Bonchev–Trinajstić information content (AvgIpc) is 3.16. The lowest BCUT2D eigenvalue weighted by Gasteiger charge is -2.15. The number of carbonyl (C=O) groups is 1. The van der Waals surface area contributed by atoms with Gasteiger partial charge in [-0.3, -0.25) is 4.79 Å². The smallest absolute Gasteiger partial charge is 0.213 e. The Hall–Kier alpha value is -2.41. The fourth-order valence-corrected chi connectivity index (χ4v) is 3.75. The fraction of sp³-hybridized carbons (Fsp3) is 0.421. The number of aromatic nitrogens is 3. The normalized spacial score (nSPS) is 11.7. The number of aldehydes is 1. The molecule has 1 aromatic carbocycles. The molecule has 0 unspecified atom stereocenters. The number of ether oxygens (including phenoxy) is 2. The van der Waals surface area contributed by atoms with Gasteiger partial charge in [0, 0.05) is 11.8 Å². The van der Waals surface area contributed by atoms with Crippen LogP contribution in [0, 0.1) is 0 Å². The molecule has 6 nitrogen and oxygen atoms in total. The summed E-state index contributed by atoms with van der Waals surface area (Å²) in [5.74, 6) is 1.44. The number of nitrogens with zero attached hydrogens (tertiary/aromatic N) is 3. The molecule has 0 saturated carbocycles. The molecule has 0 spiro atoms. The van der Waals surface area contributed by atoms with Gasteiger partial charge < -0.3 is 9.47 Å². The number of hydrogen-bond acceptors (Lipinski definition) is 6. The zero-order valence-corrected chi connectivity index (χ0v) is 16.5. The number of fused-ring (bicyclic) bond motifs is 1. The number of hydrogen-bond donors (Lipinski definition) is 0. The van der Waals surface area contributed by atoms with E-state index in [9.17, 15) is 4.79 Å². The van der Waals surface area contributed by atoms with Gasteiger partial charge in [0.05, 0.1) is 19.9 Å². The molecular formula is C19H23N3O3S. The zero-order valence-electron chi connectivity index (χ0n) is 15.7. The van der Waals surface area contributed by atoms with Gasteiger partial charge in [-0.25, -0.2) is 4.98 Å². The molecule has 0 aliphatic carbocycles. The Labute approximate surface area is 156 Å². The van der Waals surface area contributed by atoms with Crippen LogP contribution in [0.3, 0.4) is 0 Å². The van der Waals surface area contributed by atoms with E-state index >= 15 is 0 Å². The van der Waals surface area contributed by atoms with Gasteiger partial charge in [0.25, 0.3) is 0 Å². The van der Waals surface area contributed by atoms with Crippen molar-refractivity contribution in [3.63, 3.8) is 0 Å². The minimum absolute atomic E-state index is 0.191. The van der Waals surface area contributed by atoms with Crippen LogP contribution in [0.1, 0.15) is 47.5 Å². The molecule has 0 saturated heterocycles. The second-order valence-electron chi connectivity index (χ2n) is 7.09. The number of rotatable bonds is 6. The van der Waals surface area contributed by atoms with Gasteiger partial charge in [-0.1, -0.05) is 38.2 Å². The number of imidazole rings is 1. The van der Waals surface area contributed by atoms with Crippen LogP contribution in [-0.2, 0) is 18.3 Å². The third kappa shape index (κ3) is 3.44. The molecule has 0 aliphatic rings. The maximum atomic E-state index is 11.5. The van der Waals surface area contributed by atoms with Crippen LogP contribution < -0.4 is 9.47 Å². The first-order valence-electron chi connectivity index (χ1n) is 8.42.